The van der Waals surface area contributed by atoms with E-state index < -0.39 is 0 Å². The molecule has 0 bridgehead atoms. The summed E-state index contributed by atoms with van der Waals surface area (Å²) in [7, 11) is 0. The first kappa shape index (κ1) is 55.9. The third-order valence-corrected chi connectivity index (χ3v) is 18.8. The van der Waals surface area contributed by atoms with Gasteiger partial charge in [0.05, 0.1) is 22.8 Å². The van der Waals surface area contributed by atoms with Crippen molar-refractivity contribution in [2.45, 2.75) is 0 Å². The molecule has 0 atom stereocenters. The predicted octanol–water partition coefficient (Wildman–Crippen LogP) is 23.3. The van der Waals surface area contributed by atoms with Gasteiger partial charge in [-0.25, -0.2) is 19.9 Å². The number of nitrogens with zero attached hydrogens (tertiary/aromatic N) is 6. The summed E-state index contributed by atoms with van der Waals surface area (Å²) in [6.07, 6.45) is 7.42. The topological polar surface area (TPSA) is 77.3 Å². The Balaban J connectivity index is 0.705. The lowest BCUT2D eigenvalue weighted by atomic mass is 9.90. The van der Waals surface area contributed by atoms with Crippen molar-refractivity contribution in [3.8, 4) is 123 Å². The van der Waals surface area contributed by atoms with Gasteiger partial charge in [0.15, 0.2) is 11.6 Å². The maximum absolute atomic E-state index is 5.47. The van der Waals surface area contributed by atoms with Crippen LogP contribution in [0, 0.1) is 0 Å². The lowest BCUT2D eigenvalue weighted by Gasteiger charge is -2.15. The summed E-state index contributed by atoms with van der Waals surface area (Å²) in [5.74, 6) is 1.31. The molecule has 14 aromatic carbocycles. The minimum Gasteiger partial charge on any atom is -0.264 e. The fourth-order valence-electron chi connectivity index (χ4n) is 14.0. The number of fused-ring (bicyclic) bond motifs is 10. The maximum atomic E-state index is 5.47. The van der Waals surface area contributed by atoms with Crippen LogP contribution in [0.1, 0.15) is 0 Å². The van der Waals surface area contributed by atoms with Crippen LogP contribution in [0.25, 0.3) is 188 Å². The summed E-state index contributed by atoms with van der Waals surface area (Å²) >= 11 is 0. The first-order valence-corrected chi connectivity index (χ1v) is 32.4. The summed E-state index contributed by atoms with van der Waals surface area (Å²) in [4.78, 5) is 30.4. The van der Waals surface area contributed by atoms with Crippen LogP contribution in [0.5, 0.6) is 0 Å². The van der Waals surface area contributed by atoms with E-state index in [1.165, 1.54) is 59.2 Å². The van der Waals surface area contributed by atoms with Gasteiger partial charge in [0.1, 0.15) is 0 Å². The fourth-order valence-corrected chi connectivity index (χ4v) is 14.0. The molecule has 0 N–H and O–H groups in total. The quantitative estimate of drug-likeness (QED) is 0.120. The third-order valence-electron chi connectivity index (χ3n) is 18.8. The van der Waals surface area contributed by atoms with Gasteiger partial charge in [-0.1, -0.05) is 243 Å². The van der Waals surface area contributed by atoms with Gasteiger partial charge in [-0.15, -0.1) is 0 Å². The van der Waals surface area contributed by atoms with Crippen molar-refractivity contribution in [1.29, 1.82) is 0 Å². The molecule has 0 amide bonds. The highest BCUT2D eigenvalue weighted by Gasteiger charge is 2.19. The van der Waals surface area contributed by atoms with Crippen LogP contribution in [0.15, 0.2) is 340 Å². The monoisotopic (exact) mass is 1220 g/mol. The van der Waals surface area contributed by atoms with E-state index in [0.29, 0.717) is 11.6 Å². The Bertz CT molecular complexity index is 6050. The molecule has 4 heterocycles. The Morgan fingerprint density at radius 2 is 0.531 bits per heavy atom. The molecule has 0 aliphatic heterocycles. The van der Waals surface area contributed by atoms with Gasteiger partial charge in [0, 0.05) is 69.3 Å². The second kappa shape index (κ2) is 23.7. The zero-order valence-electron chi connectivity index (χ0n) is 52.0. The Labute approximate surface area is 554 Å². The smallest absolute Gasteiger partial charge is 0.160 e. The first-order valence-electron chi connectivity index (χ1n) is 32.4. The van der Waals surface area contributed by atoms with E-state index in [0.717, 1.165) is 117 Å². The van der Waals surface area contributed by atoms with E-state index in [4.69, 9.17) is 19.9 Å². The fraction of sp³-hybridized carbons (Fsp3) is 0. The van der Waals surface area contributed by atoms with Crippen molar-refractivity contribution in [3.05, 3.63) is 340 Å². The van der Waals surface area contributed by atoms with Crippen LogP contribution in [-0.2, 0) is 0 Å². The molecule has 18 rings (SSSR count). The third kappa shape index (κ3) is 10.4. The van der Waals surface area contributed by atoms with Gasteiger partial charge in [-0.05, 0) is 182 Å². The molecule has 446 valence electrons. The predicted molar refractivity (Wildman–Crippen MR) is 398 cm³/mol. The van der Waals surface area contributed by atoms with Gasteiger partial charge in [0.25, 0.3) is 0 Å². The van der Waals surface area contributed by atoms with Crippen LogP contribution < -0.4 is 0 Å². The van der Waals surface area contributed by atoms with Crippen LogP contribution in [0.4, 0.5) is 0 Å². The molecule has 0 fully saturated rings. The van der Waals surface area contributed by atoms with E-state index in [9.17, 15) is 0 Å². The highest BCUT2D eigenvalue weighted by atomic mass is 14.9. The molecule has 6 heteroatoms. The van der Waals surface area contributed by atoms with Gasteiger partial charge in [-0.3, -0.25) is 9.97 Å². The SMILES string of the molecule is c1cncc(-c2cccc(-c3cc(-c4cccc(-c5ccc6ccccc6c5)c4)nc(-c4ccc(-c5ccc6cc(-c7cccc(-c8cc(-c9cccc(-c%10cccnc%10)c9)nc(-c9ccc%10c%11ccccc%11c%11ccccc%11c%10c9)n8)c7)c7ccccc7c6c5)cc4)n3)c2)c1. The minimum absolute atomic E-state index is 0.651. The molecule has 0 saturated carbocycles. The number of pyridine rings is 2. The number of hydrogen-bond donors (Lipinski definition) is 0. The number of benzene rings is 14. The largest absolute Gasteiger partial charge is 0.264 e. The zero-order valence-corrected chi connectivity index (χ0v) is 52.0. The number of aromatic nitrogens is 6. The second-order valence-electron chi connectivity index (χ2n) is 24.6. The lowest BCUT2D eigenvalue weighted by molar-refractivity contribution is 1.18. The second-order valence-corrected chi connectivity index (χ2v) is 24.6. The molecule has 0 spiro atoms. The molecule has 6 nitrogen and oxygen atoms in total. The minimum atomic E-state index is 0.651. The average Bonchev–Trinajstić information content (AvgIpc) is 0.755. The van der Waals surface area contributed by atoms with Gasteiger partial charge in [0.2, 0.25) is 0 Å². The highest BCUT2D eigenvalue weighted by Crippen LogP contribution is 2.42. The number of hydrogen-bond acceptors (Lipinski definition) is 6. The first-order chi connectivity index (χ1) is 47.5. The van der Waals surface area contributed by atoms with Crippen molar-refractivity contribution < 1.29 is 0 Å². The Kier molecular flexibility index (Phi) is 13.8. The Hall–Kier alpha value is -12.9. The summed E-state index contributed by atoms with van der Waals surface area (Å²) < 4.78 is 0. The average molecular weight is 1220 g/mol. The molecule has 0 aliphatic carbocycles. The van der Waals surface area contributed by atoms with E-state index >= 15 is 0 Å². The summed E-state index contributed by atoms with van der Waals surface area (Å²) in [6, 6.07) is 113. The molecular formula is C90H56N6. The molecule has 4 aromatic heterocycles. The molecular weight excluding hydrogens is 1170 g/mol. The molecule has 0 saturated heterocycles. The summed E-state index contributed by atoms with van der Waals surface area (Å²) in [5, 5.41) is 14.4. The van der Waals surface area contributed by atoms with Crippen LogP contribution in [0.2, 0.25) is 0 Å². The molecule has 18 aromatic rings. The maximum Gasteiger partial charge on any atom is 0.160 e. The van der Waals surface area contributed by atoms with Crippen molar-refractivity contribution >= 4 is 64.6 Å². The van der Waals surface area contributed by atoms with Crippen molar-refractivity contribution in [2.75, 3.05) is 0 Å². The van der Waals surface area contributed by atoms with Crippen LogP contribution in [-0.4, -0.2) is 29.9 Å². The van der Waals surface area contributed by atoms with Crippen LogP contribution >= 0.6 is 0 Å². The Morgan fingerprint density at radius 1 is 0.167 bits per heavy atom. The standard InChI is InChI=1S/C90H56N6/c1-2-16-60-45-64(38-35-57(60)15-1)61-17-9-21-68(46-61)85-53-86(69-22-10-18-62(47-69)73-25-13-43-91-55-73)94-89(93-85)59-36-33-58(34-37-59)65-39-40-67-51-83(79-31-7-6-30-78(79)82(67)50-65)66-20-12-24-71(49-66)88-54-87(70-23-11-19-63(48-70)74-26-14-44-92-56-74)95-90(96-88)72-41-42-81-77-29-4-3-27-75(77)76-28-5-8-32-80(76)84(81)52-72/h1-56H. The normalized spacial score (nSPS) is 11.5. The van der Waals surface area contributed by atoms with Crippen molar-refractivity contribution in [2.24, 2.45) is 0 Å². The molecule has 0 radical (unpaired) electrons. The van der Waals surface area contributed by atoms with E-state index in [1.54, 1.807) is 6.20 Å². The molecule has 0 aliphatic rings. The van der Waals surface area contributed by atoms with E-state index in [1.807, 2.05) is 30.7 Å². The molecule has 96 heavy (non-hydrogen) atoms. The van der Waals surface area contributed by atoms with Crippen LogP contribution in [0.3, 0.4) is 0 Å². The van der Waals surface area contributed by atoms with Gasteiger partial charge >= 0.3 is 0 Å². The zero-order chi connectivity index (χ0) is 63.5. The lowest BCUT2D eigenvalue weighted by Crippen LogP contribution is -1.97. The summed E-state index contributed by atoms with van der Waals surface area (Å²) in [5.41, 5.74) is 20.2. The number of rotatable bonds is 11. The van der Waals surface area contributed by atoms with E-state index in [-0.39, 0.29) is 0 Å². The highest BCUT2D eigenvalue weighted by molar-refractivity contribution is 6.26. The van der Waals surface area contributed by atoms with E-state index in [2.05, 4.69) is 313 Å². The van der Waals surface area contributed by atoms with Gasteiger partial charge in [-0.2, -0.15) is 0 Å². The Morgan fingerprint density at radius 3 is 1.07 bits per heavy atom. The van der Waals surface area contributed by atoms with Crippen molar-refractivity contribution in [3.63, 3.8) is 0 Å². The molecule has 0 unspecified atom stereocenters. The van der Waals surface area contributed by atoms with Crippen molar-refractivity contribution in [1.82, 2.24) is 29.9 Å². The van der Waals surface area contributed by atoms with Gasteiger partial charge < -0.3 is 0 Å². The summed E-state index contributed by atoms with van der Waals surface area (Å²) in [6.45, 7) is 0.